The molecular weight excluding hydrogens is 197 g/mol. The largest absolute Gasteiger partial charge is 0.331 e. The van der Waals surface area contributed by atoms with Crippen molar-refractivity contribution in [2.24, 2.45) is 0 Å². The zero-order valence-corrected chi connectivity index (χ0v) is 8.99. The summed E-state index contributed by atoms with van der Waals surface area (Å²) in [4.78, 5) is 0. The Kier molecular flexibility index (Phi) is 4.39. The fraction of sp³-hybridized carbons (Fsp3) is 0.300. The average molecular weight is 209 g/mol. The molecule has 1 rings (SSSR count). The van der Waals surface area contributed by atoms with E-state index in [0.29, 0.717) is 18.3 Å². The molecule has 0 N–H and O–H groups in total. The maximum absolute atomic E-state index is 11.3. The maximum Gasteiger partial charge on any atom is 0.195 e. The minimum Gasteiger partial charge on any atom is -0.331 e. The highest BCUT2D eigenvalue weighted by atomic mass is 31.1. The van der Waals surface area contributed by atoms with Gasteiger partial charge in [0.25, 0.3) is 0 Å². The summed E-state index contributed by atoms with van der Waals surface area (Å²) < 4.78 is 16.2. The zero-order valence-electron chi connectivity index (χ0n) is 7.99. The van der Waals surface area contributed by atoms with Gasteiger partial charge in [0.2, 0.25) is 0 Å². The standard InChI is InChI=1S/C10H12NO2P/c1-2-13-14(12)8-10-5-3-9(7-11)4-6-10/h3-6,14H,2,8H2,1H3. The summed E-state index contributed by atoms with van der Waals surface area (Å²) in [6.45, 7) is 2.30. The lowest BCUT2D eigenvalue weighted by Gasteiger charge is -2.01. The van der Waals surface area contributed by atoms with Crippen molar-refractivity contribution in [1.82, 2.24) is 0 Å². The first-order valence-corrected chi connectivity index (χ1v) is 5.93. The Hall–Kier alpha value is -1.10. The molecule has 1 unspecified atom stereocenters. The third kappa shape index (κ3) is 3.33. The first-order valence-electron chi connectivity index (χ1n) is 4.41. The van der Waals surface area contributed by atoms with Gasteiger partial charge in [0.15, 0.2) is 8.03 Å². The molecule has 74 valence electrons. The van der Waals surface area contributed by atoms with Gasteiger partial charge in [-0.2, -0.15) is 5.26 Å². The molecule has 0 aliphatic carbocycles. The van der Waals surface area contributed by atoms with Crippen LogP contribution in [0.3, 0.4) is 0 Å². The molecule has 0 radical (unpaired) electrons. The Balaban J connectivity index is 2.61. The van der Waals surface area contributed by atoms with E-state index in [-0.39, 0.29) is 0 Å². The van der Waals surface area contributed by atoms with Crippen LogP contribution in [-0.2, 0) is 15.3 Å². The van der Waals surface area contributed by atoms with Crippen LogP contribution in [0.25, 0.3) is 0 Å². The van der Waals surface area contributed by atoms with E-state index in [1.807, 2.05) is 13.0 Å². The van der Waals surface area contributed by atoms with Gasteiger partial charge in [0, 0.05) is 6.16 Å². The molecule has 0 spiro atoms. The molecule has 0 aromatic heterocycles. The molecule has 4 heteroatoms. The molecule has 14 heavy (non-hydrogen) atoms. The van der Waals surface area contributed by atoms with E-state index in [4.69, 9.17) is 9.79 Å². The molecule has 0 amide bonds. The predicted molar refractivity (Wildman–Crippen MR) is 55.5 cm³/mol. The number of nitriles is 1. The number of rotatable bonds is 4. The van der Waals surface area contributed by atoms with Crippen molar-refractivity contribution in [1.29, 1.82) is 5.26 Å². The Morgan fingerprint density at radius 1 is 1.43 bits per heavy atom. The van der Waals surface area contributed by atoms with Crippen molar-refractivity contribution in [3.63, 3.8) is 0 Å². The second kappa shape index (κ2) is 5.59. The Morgan fingerprint density at radius 3 is 2.57 bits per heavy atom. The third-order valence-corrected chi connectivity index (χ3v) is 3.04. The summed E-state index contributed by atoms with van der Waals surface area (Å²) >= 11 is 0. The molecular formula is C10H12NO2P. The van der Waals surface area contributed by atoms with E-state index >= 15 is 0 Å². The summed E-state index contributed by atoms with van der Waals surface area (Å²) in [6, 6.07) is 9.08. The minimum atomic E-state index is -1.95. The fourth-order valence-corrected chi connectivity index (χ4v) is 2.07. The van der Waals surface area contributed by atoms with Gasteiger partial charge in [-0.25, -0.2) is 0 Å². The Morgan fingerprint density at radius 2 is 2.07 bits per heavy atom. The van der Waals surface area contributed by atoms with Crippen LogP contribution in [0, 0.1) is 11.3 Å². The predicted octanol–water partition coefficient (Wildman–Crippen LogP) is 2.57. The topological polar surface area (TPSA) is 50.1 Å². The summed E-state index contributed by atoms with van der Waals surface area (Å²) in [7, 11) is -1.95. The van der Waals surface area contributed by atoms with Crippen molar-refractivity contribution < 1.29 is 9.09 Å². The number of nitrogens with zero attached hydrogens (tertiary/aromatic N) is 1. The SMILES string of the molecule is CCO[PH](=O)Cc1ccc(C#N)cc1. The Bertz CT molecular complexity index is 353. The van der Waals surface area contributed by atoms with E-state index in [1.54, 1.807) is 24.3 Å². The van der Waals surface area contributed by atoms with Gasteiger partial charge in [-0.1, -0.05) is 12.1 Å². The van der Waals surface area contributed by atoms with Crippen LogP contribution in [0.1, 0.15) is 18.1 Å². The maximum atomic E-state index is 11.3. The average Bonchev–Trinajstić information content (AvgIpc) is 2.19. The highest BCUT2D eigenvalue weighted by Gasteiger charge is 2.00. The summed E-state index contributed by atoms with van der Waals surface area (Å²) in [5, 5.41) is 8.56. The van der Waals surface area contributed by atoms with Crippen LogP contribution in [-0.4, -0.2) is 6.61 Å². The lowest BCUT2D eigenvalue weighted by atomic mass is 10.2. The van der Waals surface area contributed by atoms with Crippen LogP contribution in [0.15, 0.2) is 24.3 Å². The number of benzene rings is 1. The van der Waals surface area contributed by atoms with Crippen LogP contribution in [0.5, 0.6) is 0 Å². The van der Waals surface area contributed by atoms with Gasteiger partial charge in [-0.3, -0.25) is 4.57 Å². The van der Waals surface area contributed by atoms with E-state index in [9.17, 15) is 4.57 Å². The van der Waals surface area contributed by atoms with E-state index < -0.39 is 8.03 Å². The summed E-state index contributed by atoms with van der Waals surface area (Å²) in [6.07, 6.45) is 0.449. The van der Waals surface area contributed by atoms with Crippen LogP contribution in [0.2, 0.25) is 0 Å². The quantitative estimate of drug-likeness (QED) is 0.716. The molecule has 0 aliphatic heterocycles. The highest BCUT2D eigenvalue weighted by molar-refractivity contribution is 7.38. The summed E-state index contributed by atoms with van der Waals surface area (Å²) in [5.74, 6) is 0. The van der Waals surface area contributed by atoms with Crippen LogP contribution in [0.4, 0.5) is 0 Å². The molecule has 0 aliphatic rings. The van der Waals surface area contributed by atoms with E-state index in [2.05, 4.69) is 0 Å². The van der Waals surface area contributed by atoms with Crippen molar-refractivity contribution in [3.8, 4) is 6.07 Å². The molecule has 0 heterocycles. The van der Waals surface area contributed by atoms with Gasteiger partial charge in [0.05, 0.1) is 18.2 Å². The number of hydrogen-bond acceptors (Lipinski definition) is 3. The molecule has 0 saturated carbocycles. The van der Waals surface area contributed by atoms with E-state index in [1.165, 1.54) is 0 Å². The molecule has 0 fully saturated rings. The summed E-state index contributed by atoms with van der Waals surface area (Å²) in [5.41, 5.74) is 1.56. The number of hydrogen-bond donors (Lipinski definition) is 0. The third-order valence-electron chi connectivity index (χ3n) is 1.74. The fourth-order valence-electron chi connectivity index (χ4n) is 1.08. The lowest BCUT2D eigenvalue weighted by molar-refractivity contribution is 0.350. The van der Waals surface area contributed by atoms with Crippen molar-refractivity contribution in [2.45, 2.75) is 13.1 Å². The monoisotopic (exact) mass is 209 g/mol. The van der Waals surface area contributed by atoms with E-state index in [0.717, 1.165) is 5.56 Å². The normalized spacial score (nSPS) is 12.0. The van der Waals surface area contributed by atoms with Crippen molar-refractivity contribution >= 4 is 8.03 Å². The van der Waals surface area contributed by atoms with Gasteiger partial charge < -0.3 is 4.52 Å². The van der Waals surface area contributed by atoms with Crippen LogP contribution >= 0.6 is 8.03 Å². The van der Waals surface area contributed by atoms with Gasteiger partial charge in [-0.05, 0) is 24.6 Å². The second-order valence-electron chi connectivity index (χ2n) is 2.79. The van der Waals surface area contributed by atoms with Gasteiger partial charge in [0.1, 0.15) is 0 Å². The first-order chi connectivity index (χ1) is 6.76. The van der Waals surface area contributed by atoms with Gasteiger partial charge in [-0.15, -0.1) is 0 Å². The first kappa shape index (κ1) is 11.0. The smallest absolute Gasteiger partial charge is 0.195 e. The molecule has 0 saturated heterocycles. The Labute approximate surface area is 84.2 Å². The van der Waals surface area contributed by atoms with Gasteiger partial charge >= 0.3 is 0 Å². The second-order valence-corrected chi connectivity index (χ2v) is 4.18. The minimum absolute atomic E-state index is 0.449. The molecule has 1 aromatic carbocycles. The lowest BCUT2D eigenvalue weighted by Crippen LogP contribution is -1.84. The molecule has 1 atom stereocenters. The van der Waals surface area contributed by atoms with Crippen molar-refractivity contribution in [2.75, 3.05) is 6.61 Å². The van der Waals surface area contributed by atoms with Crippen molar-refractivity contribution in [3.05, 3.63) is 35.4 Å². The zero-order chi connectivity index (χ0) is 10.4. The molecule has 1 aromatic rings. The molecule has 0 bridgehead atoms. The molecule has 3 nitrogen and oxygen atoms in total. The highest BCUT2D eigenvalue weighted by Crippen LogP contribution is 2.27. The van der Waals surface area contributed by atoms with Crippen LogP contribution < -0.4 is 0 Å².